The number of carbonyl (C=O) groups is 2. The molecule has 140 valence electrons. The molecule has 0 atom stereocenters. The van der Waals surface area contributed by atoms with Gasteiger partial charge in [0.1, 0.15) is 0 Å². The average molecular weight is 364 g/mol. The molecule has 0 fully saturated rings. The predicted octanol–water partition coefficient (Wildman–Crippen LogP) is 2.84. The molecule has 2 N–H and O–H groups in total. The Hall–Kier alpha value is -3.15. The average Bonchev–Trinajstić information content (AvgIpc) is 3.10. The van der Waals surface area contributed by atoms with Gasteiger partial charge in [-0.3, -0.25) is 14.0 Å². The number of fused-ring (bicyclic) bond motifs is 1. The Morgan fingerprint density at radius 3 is 2.48 bits per heavy atom. The highest BCUT2D eigenvalue weighted by atomic mass is 16.2. The molecular weight excluding hydrogens is 340 g/mol. The molecule has 0 bridgehead atoms. The van der Waals surface area contributed by atoms with Crippen molar-refractivity contribution in [2.75, 3.05) is 13.1 Å². The van der Waals surface area contributed by atoms with Gasteiger partial charge in [0.25, 0.3) is 11.8 Å². The Labute approximate surface area is 158 Å². The number of rotatable bonds is 8. The van der Waals surface area contributed by atoms with Gasteiger partial charge >= 0.3 is 0 Å². The SMILES string of the molecule is CCCNC(=O)c1nc(C(=O)NCCCc2ccccc2)c2ccccn12. The summed E-state index contributed by atoms with van der Waals surface area (Å²) in [5.41, 5.74) is 2.14. The summed E-state index contributed by atoms with van der Waals surface area (Å²) in [6, 6.07) is 15.6. The van der Waals surface area contributed by atoms with Gasteiger partial charge in [-0.05, 0) is 37.0 Å². The van der Waals surface area contributed by atoms with Gasteiger partial charge in [-0.1, -0.05) is 43.3 Å². The second-order valence-electron chi connectivity index (χ2n) is 6.34. The van der Waals surface area contributed by atoms with E-state index in [9.17, 15) is 9.59 Å². The summed E-state index contributed by atoms with van der Waals surface area (Å²) in [5.74, 6) is -0.309. The normalized spacial score (nSPS) is 10.7. The van der Waals surface area contributed by atoms with Crippen LogP contribution in [0.3, 0.4) is 0 Å². The molecule has 2 aromatic heterocycles. The molecule has 27 heavy (non-hydrogen) atoms. The lowest BCUT2D eigenvalue weighted by molar-refractivity contribution is 0.0942. The maximum absolute atomic E-state index is 12.6. The highest BCUT2D eigenvalue weighted by molar-refractivity contribution is 6.02. The van der Waals surface area contributed by atoms with E-state index in [1.165, 1.54) is 5.56 Å². The summed E-state index contributed by atoms with van der Waals surface area (Å²) in [5, 5.41) is 5.72. The van der Waals surface area contributed by atoms with Crippen LogP contribution in [-0.2, 0) is 6.42 Å². The highest BCUT2D eigenvalue weighted by Gasteiger charge is 2.20. The first-order chi connectivity index (χ1) is 13.2. The molecule has 0 aliphatic rings. The van der Waals surface area contributed by atoms with Crippen molar-refractivity contribution < 1.29 is 9.59 Å². The number of benzene rings is 1. The third-order valence-corrected chi connectivity index (χ3v) is 4.27. The second-order valence-corrected chi connectivity index (χ2v) is 6.34. The molecule has 6 heteroatoms. The van der Waals surface area contributed by atoms with E-state index in [-0.39, 0.29) is 23.3 Å². The molecule has 0 spiro atoms. The van der Waals surface area contributed by atoms with Gasteiger partial charge in [0.05, 0.1) is 5.52 Å². The van der Waals surface area contributed by atoms with Gasteiger partial charge in [0.15, 0.2) is 5.69 Å². The number of hydrogen-bond donors (Lipinski definition) is 2. The molecular formula is C21H24N4O2. The first kappa shape index (κ1) is 18.6. The topological polar surface area (TPSA) is 75.5 Å². The number of hydrogen-bond acceptors (Lipinski definition) is 3. The molecule has 0 saturated carbocycles. The van der Waals surface area contributed by atoms with Gasteiger partial charge in [-0.15, -0.1) is 0 Å². The van der Waals surface area contributed by atoms with Crippen LogP contribution in [0, 0.1) is 0 Å². The molecule has 0 aliphatic carbocycles. The summed E-state index contributed by atoms with van der Waals surface area (Å²) in [6.07, 6.45) is 4.32. The van der Waals surface area contributed by atoms with Crippen molar-refractivity contribution in [3.8, 4) is 0 Å². The van der Waals surface area contributed by atoms with Crippen molar-refractivity contribution in [3.05, 3.63) is 71.8 Å². The fraction of sp³-hybridized carbons (Fsp3) is 0.286. The van der Waals surface area contributed by atoms with Crippen molar-refractivity contribution in [3.63, 3.8) is 0 Å². The second kappa shape index (κ2) is 8.98. The number of amides is 2. The van der Waals surface area contributed by atoms with Crippen LogP contribution in [0.2, 0.25) is 0 Å². The Morgan fingerprint density at radius 2 is 1.70 bits per heavy atom. The van der Waals surface area contributed by atoms with E-state index in [1.807, 2.05) is 37.3 Å². The van der Waals surface area contributed by atoms with E-state index in [2.05, 4.69) is 27.8 Å². The Kier molecular flexibility index (Phi) is 6.20. The van der Waals surface area contributed by atoms with Crippen LogP contribution in [0.15, 0.2) is 54.7 Å². The van der Waals surface area contributed by atoms with Crippen molar-refractivity contribution in [1.29, 1.82) is 0 Å². The molecule has 2 heterocycles. The molecule has 1 aromatic carbocycles. The zero-order valence-corrected chi connectivity index (χ0v) is 15.4. The highest BCUT2D eigenvalue weighted by Crippen LogP contribution is 2.13. The van der Waals surface area contributed by atoms with Gasteiger partial charge in [0, 0.05) is 19.3 Å². The van der Waals surface area contributed by atoms with Crippen molar-refractivity contribution in [1.82, 2.24) is 20.0 Å². The van der Waals surface area contributed by atoms with Gasteiger partial charge in [0.2, 0.25) is 5.82 Å². The Morgan fingerprint density at radius 1 is 0.963 bits per heavy atom. The van der Waals surface area contributed by atoms with Crippen molar-refractivity contribution in [2.45, 2.75) is 26.2 Å². The Balaban J connectivity index is 1.68. The maximum atomic E-state index is 12.6. The van der Waals surface area contributed by atoms with E-state index >= 15 is 0 Å². The standard InChI is InChI=1S/C21H24N4O2/c1-2-13-22-21(27)19-24-18(17-12-6-7-15-25(17)19)20(26)23-14-8-11-16-9-4-3-5-10-16/h3-7,9-10,12,15H,2,8,11,13-14H2,1H3,(H,22,27)(H,23,26). The smallest absolute Gasteiger partial charge is 0.287 e. The molecule has 0 unspecified atom stereocenters. The summed E-state index contributed by atoms with van der Waals surface area (Å²) < 4.78 is 1.66. The number of carbonyl (C=O) groups excluding carboxylic acids is 2. The van der Waals surface area contributed by atoms with Crippen LogP contribution in [-0.4, -0.2) is 34.3 Å². The molecule has 6 nitrogen and oxygen atoms in total. The van der Waals surface area contributed by atoms with E-state index in [0.29, 0.717) is 18.6 Å². The largest absolute Gasteiger partial charge is 0.351 e. The minimum absolute atomic E-state index is 0.230. The van der Waals surface area contributed by atoms with Crippen LogP contribution in [0.5, 0.6) is 0 Å². The number of nitrogens with zero attached hydrogens (tertiary/aromatic N) is 2. The lowest BCUT2D eigenvalue weighted by Crippen LogP contribution is -2.27. The first-order valence-electron chi connectivity index (χ1n) is 9.28. The van der Waals surface area contributed by atoms with Crippen LogP contribution >= 0.6 is 0 Å². The summed E-state index contributed by atoms with van der Waals surface area (Å²) >= 11 is 0. The number of aromatic nitrogens is 2. The summed E-state index contributed by atoms with van der Waals surface area (Å²) in [6.45, 7) is 3.11. The third kappa shape index (κ3) is 4.53. The molecule has 0 saturated heterocycles. The monoisotopic (exact) mass is 364 g/mol. The summed E-state index contributed by atoms with van der Waals surface area (Å²) in [7, 11) is 0. The van der Waals surface area contributed by atoms with Crippen LogP contribution in [0.25, 0.3) is 5.52 Å². The fourth-order valence-electron chi connectivity index (χ4n) is 2.91. The zero-order valence-electron chi connectivity index (χ0n) is 15.4. The van der Waals surface area contributed by atoms with Gasteiger partial charge < -0.3 is 10.6 Å². The Bertz CT molecular complexity index is 918. The van der Waals surface area contributed by atoms with Crippen molar-refractivity contribution >= 4 is 17.3 Å². The molecule has 0 aliphatic heterocycles. The predicted molar refractivity (Wildman–Crippen MR) is 105 cm³/mol. The number of imidazole rings is 1. The van der Waals surface area contributed by atoms with Crippen molar-refractivity contribution in [2.24, 2.45) is 0 Å². The zero-order chi connectivity index (χ0) is 19.1. The van der Waals surface area contributed by atoms with E-state index in [1.54, 1.807) is 16.7 Å². The number of nitrogens with one attached hydrogen (secondary N) is 2. The lowest BCUT2D eigenvalue weighted by atomic mass is 10.1. The van der Waals surface area contributed by atoms with E-state index < -0.39 is 0 Å². The molecule has 2 amide bonds. The van der Waals surface area contributed by atoms with Gasteiger partial charge in [-0.2, -0.15) is 0 Å². The van der Waals surface area contributed by atoms with Crippen LogP contribution < -0.4 is 10.6 Å². The minimum atomic E-state index is -0.277. The molecule has 3 rings (SSSR count). The lowest BCUT2D eigenvalue weighted by Gasteiger charge is -2.04. The number of pyridine rings is 1. The number of aryl methyl sites for hydroxylation is 1. The van der Waals surface area contributed by atoms with E-state index in [4.69, 9.17) is 0 Å². The first-order valence-corrected chi connectivity index (χ1v) is 9.28. The molecule has 0 radical (unpaired) electrons. The quantitative estimate of drug-likeness (QED) is 0.604. The van der Waals surface area contributed by atoms with Crippen LogP contribution in [0.4, 0.5) is 0 Å². The minimum Gasteiger partial charge on any atom is -0.351 e. The molecule has 3 aromatic rings. The third-order valence-electron chi connectivity index (χ3n) is 4.27. The fourth-order valence-corrected chi connectivity index (χ4v) is 2.91. The maximum Gasteiger partial charge on any atom is 0.287 e. The van der Waals surface area contributed by atoms with Gasteiger partial charge in [-0.25, -0.2) is 4.98 Å². The van der Waals surface area contributed by atoms with E-state index in [0.717, 1.165) is 19.3 Å². The van der Waals surface area contributed by atoms with Crippen LogP contribution in [0.1, 0.15) is 46.4 Å². The summed E-state index contributed by atoms with van der Waals surface area (Å²) in [4.78, 5) is 29.3.